The molecule has 0 aliphatic heterocycles. The third-order valence-electron chi connectivity index (χ3n) is 14.4. The second-order valence-corrected chi connectivity index (χ2v) is 21.1. The Balaban J connectivity index is 3.50. The Labute approximate surface area is 421 Å². The third kappa shape index (κ3) is 55.4. The van der Waals surface area contributed by atoms with Crippen LogP contribution in [0.25, 0.3) is 0 Å². The Morgan fingerprint density at radius 2 is 0.582 bits per heavy atom. The van der Waals surface area contributed by atoms with Crippen LogP contribution in [0, 0.1) is 0 Å². The van der Waals surface area contributed by atoms with E-state index in [2.05, 4.69) is 43.5 Å². The van der Waals surface area contributed by atoms with Gasteiger partial charge in [0.05, 0.1) is 18.8 Å². The Kier molecular flexibility index (Phi) is 57.7. The molecule has 0 aromatic carbocycles. The number of hydrogen-bond donors (Lipinski definition) is 3. The van der Waals surface area contributed by atoms with Crippen molar-refractivity contribution in [2.75, 3.05) is 6.61 Å². The van der Waals surface area contributed by atoms with E-state index >= 15 is 0 Å². The molecular formula is C63H121NO3. The number of aliphatic hydroxyl groups is 2. The van der Waals surface area contributed by atoms with Crippen molar-refractivity contribution in [3.8, 4) is 0 Å². The SMILES string of the molecule is CCCCCCCCCCCCCCCCCCCCCCCCC/C=C/CC/C=C/CC/C=C/C(O)C(CO)NC(=O)CCCCCCCCCCCCCCCCCCCCCCCC. The molecule has 0 aliphatic rings. The molecule has 0 rings (SSSR count). The van der Waals surface area contributed by atoms with Gasteiger partial charge in [-0.15, -0.1) is 0 Å². The van der Waals surface area contributed by atoms with Crippen molar-refractivity contribution in [3.63, 3.8) is 0 Å². The molecule has 0 saturated carbocycles. The summed E-state index contributed by atoms with van der Waals surface area (Å²) in [6.07, 6.45) is 80.6. The number of carbonyl (C=O) groups is 1. The number of carbonyl (C=O) groups excluding carboxylic acids is 1. The topological polar surface area (TPSA) is 69.6 Å². The quantitative estimate of drug-likeness (QED) is 0.0420. The first-order valence-corrected chi connectivity index (χ1v) is 30.7. The fraction of sp³-hybridized carbons (Fsp3) is 0.889. The minimum atomic E-state index is -0.869. The molecule has 0 spiro atoms. The Morgan fingerprint density at radius 3 is 0.866 bits per heavy atom. The molecule has 1 amide bonds. The lowest BCUT2D eigenvalue weighted by atomic mass is 10.0. The zero-order valence-corrected chi connectivity index (χ0v) is 45.7. The van der Waals surface area contributed by atoms with Crippen LogP contribution in [0.1, 0.15) is 341 Å². The minimum Gasteiger partial charge on any atom is -0.394 e. The first kappa shape index (κ1) is 65.6. The van der Waals surface area contributed by atoms with Gasteiger partial charge in [-0.1, -0.05) is 326 Å². The molecule has 67 heavy (non-hydrogen) atoms. The van der Waals surface area contributed by atoms with Gasteiger partial charge in [-0.2, -0.15) is 0 Å². The largest absolute Gasteiger partial charge is 0.394 e. The highest BCUT2D eigenvalue weighted by Gasteiger charge is 2.18. The lowest BCUT2D eigenvalue weighted by molar-refractivity contribution is -0.123. The average molecular weight is 941 g/mol. The van der Waals surface area contributed by atoms with E-state index in [4.69, 9.17) is 0 Å². The normalized spacial score (nSPS) is 13.0. The molecule has 0 saturated heterocycles. The molecule has 0 radical (unpaired) electrons. The molecule has 2 atom stereocenters. The van der Waals surface area contributed by atoms with Gasteiger partial charge in [0.2, 0.25) is 5.91 Å². The molecule has 0 aromatic rings. The van der Waals surface area contributed by atoms with Crippen LogP contribution in [0.3, 0.4) is 0 Å². The molecule has 4 nitrogen and oxygen atoms in total. The molecule has 396 valence electrons. The van der Waals surface area contributed by atoms with E-state index in [0.29, 0.717) is 6.42 Å². The van der Waals surface area contributed by atoms with Crippen molar-refractivity contribution in [1.82, 2.24) is 5.32 Å². The number of hydrogen-bond acceptors (Lipinski definition) is 3. The van der Waals surface area contributed by atoms with Gasteiger partial charge in [0.1, 0.15) is 0 Å². The summed E-state index contributed by atoms with van der Waals surface area (Å²) in [4.78, 5) is 12.5. The van der Waals surface area contributed by atoms with Gasteiger partial charge in [-0.3, -0.25) is 4.79 Å². The van der Waals surface area contributed by atoms with Crippen LogP contribution in [0.15, 0.2) is 36.5 Å². The van der Waals surface area contributed by atoms with Crippen LogP contribution in [0.5, 0.6) is 0 Å². The number of aliphatic hydroxyl groups excluding tert-OH is 2. The highest BCUT2D eigenvalue weighted by Crippen LogP contribution is 2.18. The fourth-order valence-electron chi connectivity index (χ4n) is 9.69. The highest BCUT2D eigenvalue weighted by atomic mass is 16.3. The lowest BCUT2D eigenvalue weighted by Gasteiger charge is -2.19. The van der Waals surface area contributed by atoms with Gasteiger partial charge in [0.25, 0.3) is 0 Å². The van der Waals surface area contributed by atoms with E-state index in [1.54, 1.807) is 6.08 Å². The van der Waals surface area contributed by atoms with E-state index < -0.39 is 12.1 Å². The molecule has 2 unspecified atom stereocenters. The van der Waals surface area contributed by atoms with Gasteiger partial charge in [-0.05, 0) is 44.9 Å². The Bertz CT molecular complexity index is 1020. The van der Waals surface area contributed by atoms with E-state index in [1.807, 2.05) is 6.08 Å². The van der Waals surface area contributed by atoms with Crippen LogP contribution in [0.2, 0.25) is 0 Å². The van der Waals surface area contributed by atoms with E-state index in [1.165, 1.54) is 283 Å². The van der Waals surface area contributed by atoms with Crippen LogP contribution in [0.4, 0.5) is 0 Å². The summed E-state index contributed by atoms with van der Waals surface area (Å²) in [5.74, 6) is -0.0715. The maximum atomic E-state index is 12.5. The standard InChI is InChI=1S/C63H121NO3/c1-3-5-7-9-11-13-15-17-19-21-23-25-27-28-29-30-31-32-33-34-35-36-37-38-40-42-44-46-48-50-52-54-56-58-62(66)61(60-65)64-63(67)59-57-55-53-51-49-47-45-43-41-39-26-24-22-20-18-16-14-12-10-8-6-4-2/h40,42,48,50,56,58,61-62,65-66H,3-39,41,43-47,49,51-55,57,59-60H2,1-2H3,(H,64,67)/b42-40+,50-48+,58-56+. The first-order chi connectivity index (χ1) is 33.2. The lowest BCUT2D eigenvalue weighted by Crippen LogP contribution is -2.45. The number of rotatable bonds is 57. The zero-order valence-electron chi connectivity index (χ0n) is 45.7. The average Bonchev–Trinajstić information content (AvgIpc) is 3.33. The molecule has 3 N–H and O–H groups in total. The van der Waals surface area contributed by atoms with Crippen molar-refractivity contribution in [3.05, 3.63) is 36.5 Å². The van der Waals surface area contributed by atoms with Crippen molar-refractivity contribution in [1.29, 1.82) is 0 Å². The van der Waals surface area contributed by atoms with E-state index in [0.717, 1.165) is 38.5 Å². The van der Waals surface area contributed by atoms with Crippen LogP contribution in [-0.2, 0) is 4.79 Å². The third-order valence-corrected chi connectivity index (χ3v) is 14.4. The predicted octanol–water partition coefficient (Wildman–Crippen LogP) is 20.4. The molecule has 0 aliphatic carbocycles. The van der Waals surface area contributed by atoms with Crippen molar-refractivity contribution in [2.45, 2.75) is 353 Å². The molecule has 4 heteroatoms. The summed E-state index contributed by atoms with van der Waals surface area (Å²) < 4.78 is 0. The Morgan fingerprint density at radius 1 is 0.343 bits per heavy atom. The molecular weight excluding hydrogens is 819 g/mol. The predicted molar refractivity (Wildman–Crippen MR) is 299 cm³/mol. The second-order valence-electron chi connectivity index (χ2n) is 21.1. The first-order valence-electron chi connectivity index (χ1n) is 30.7. The maximum Gasteiger partial charge on any atom is 0.220 e. The van der Waals surface area contributed by atoms with Gasteiger partial charge < -0.3 is 15.5 Å². The minimum absolute atomic E-state index is 0.0715. The van der Waals surface area contributed by atoms with Crippen molar-refractivity contribution < 1.29 is 15.0 Å². The van der Waals surface area contributed by atoms with Gasteiger partial charge in [-0.25, -0.2) is 0 Å². The molecule has 0 aromatic heterocycles. The number of unbranched alkanes of at least 4 members (excludes halogenated alkanes) is 46. The molecule has 0 heterocycles. The fourth-order valence-corrected chi connectivity index (χ4v) is 9.69. The van der Waals surface area contributed by atoms with E-state index in [-0.39, 0.29) is 12.5 Å². The summed E-state index contributed by atoms with van der Waals surface area (Å²) in [5, 5.41) is 23.2. The number of allylic oxidation sites excluding steroid dienone is 5. The van der Waals surface area contributed by atoms with Gasteiger partial charge in [0.15, 0.2) is 0 Å². The Hall–Kier alpha value is -1.39. The van der Waals surface area contributed by atoms with Crippen LogP contribution < -0.4 is 5.32 Å². The summed E-state index contributed by atoms with van der Waals surface area (Å²) in [6, 6.07) is -0.644. The maximum absolute atomic E-state index is 12.5. The smallest absolute Gasteiger partial charge is 0.220 e. The molecule has 0 fully saturated rings. The number of amides is 1. The summed E-state index contributed by atoms with van der Waals surface area (Å²) in [5.41, 5.74) is 0. The molecule has 0 bridgehead atoms. The van der Waals surface area contributed by atoms with Crippen LogP contribution in [-0.4, -0.2) is 34.9 Å². The monoisotopic (exact) mass is 940 g/mol. The zero-order chi connectivity index (χ0) is 48.5. The van der Waals surface area contributed by atoms with Crippen molar-refractivity contribution in [2.24, 2.45) is 0 Å². The highest BCUT2D eigenvalue weighted by molar-refractivity contribution is 5.76. The van der Waals surface area contributed by atoms with Crippen LogP contribution >= 0.6 is 0 Å². The van der Waals surface area contributed by atoms with E-state index in [9.17, 15) is 15.0 Å². The summed E-state index contributed by atoms with van der Waals surface area (Å²) in [7, 11) is 0. The summed E-state index contributed by atoms with van der Waals surface area (Å²) >= 11 is 0. The number of nitrogens with one attached hydrogen (secondary N) is 1. The van der Waals surface area contributed by atoms with Gasteiger partial charge >= 0.3 is 0 Å². The van der Waals surface area contributed by atoms with Crippen molar-refractivity contribution >= 4 is 5.91 Å². The van der Waals surface area contributed by atoms with Gasteiger partial charge in [0, 0.05) is 6.42 Å². The second kappa shape index (κ2) is 58.9. The summed E-state index contributed by atoms with van der Waals surface area (Å²) in [6.45, 7) is 4.34.